The van der Waals surface area contributed by atoms with E-state index in [1.54, 1.807) is 0 Å². The Labute approximate surface area is 150 Å². The molecule has 0 saturated carbocycles. The normalized spacial score (nSPS) is 17.5. The van der Waals surface area contributed by atoms with Crippen LogP contribution in [-0.4, -0.2) is 17.9 Å². The van der Waals surface area contributed by atoms with E-state index in [1.165, 1.54) is 4.90 Å². The summed E-state index contributed by atoms with van der Waals surface area (Å²) in [6.45, 7) is 5.88. The zero-order chi connectivity index (χ0) is 17.4. The van der Waals surface area contributed by atoms with E-state index >= 15 is 0 Å². The number of hydrogen-bond donors (Lipinski definition) is 1. The topological polar surface area (TPSA) is 49.4 Å². The van der Waals surface area contributed by atoms with Gasteiger partial charge in [-0.15, -0.1) is 0 Å². The van der Waals surface area contributed by atoms with Gasteiger partial charge in [-0.2, -0.15) is 0 Å². The lowest BCUT2D eigenvalue weighted by Gasteiger charge is -2.21. The number of nitrogens with zero attached hydrogens (tertiary/aromatic N) is 1. The van der Waals surface area contributed by atoms with Crippen molar-refractivity contribution in [1.82, 2.24) is 0 Å². The Kier molecular flexibility index (Phi) is 4.45. The van der Waals surface area contributed by atoms with Crippen LogP contribution in [0.2, 0.25) is 0 Å². The van der Waals surface area contributed by atoms with Crippen LogP contribution in [0.1, 0.15) is 23.1 Å². The summed E-state index contributed by atoms with van der Waals surface area (Å²) in [6, 6.07) is 11.0. The van der Waals surface area contributed by atoms with Crippen molar-refractivity contribution in [3.05, 3.63) is 57.6 Å². The maximum Gasteiger partial charge on any atom is 0.256 e. The van der Waals surface area contributed by atoms with E-state index in [4.69, 9.17) is 0 Å². The smallest absolute Gasteiger partial charge is 0.256 e. The van der Waals surface area contributed by atoms with Crippen LogP contribution in [0.4, 0.5) is 11.4 Å². The molecule has 1 aliphatic rings. The van der Waals surface area contributed by atoms with Crippen LogP contribution in [0, 0.1) is 20.8 Å². The standard InChI is InChI=1S/C19H19BrN2O2/c1-11-8-12(2)18(13(3)9-11)22-17(23)10-16(19(22)24)21-15-7-5-4-6-14(15)20/h4-9,16,21H,10H2,1-3H3/t16-/m1/s1. The number of benzene rings is 2. The lowest BCUT2D eigenvalue weighted by molar-refractivity contribution is -0.121. The maximum atomic E-state index is 12.8. The number of anilines is 2. The third-order valence-corrected chi connectivity index (χ3v) is 4.90. The van der Waals surface area contributed by atoms with Gasteiger partial charge in [0, 0.05) is 10.2 Å². The van der Waals surface area contributed by atoms with Crippen molar-refractivity contribution in [2.24, 2.45) is 0 Å². The van der Waals surface area contributed by atoms with Gasteiger partial charge >= 0.3 is 0 Å². The Hall–Kier alpha value is -2.14. The molecule has 1 N–H and O–H groups in total. The molecule has 0 unspecified atom stereocenters. The number of carbonyl (C=O) groups excluding carboxylic acids is 2. The quantitative estimate of drug-likeness (QED) is 0.807. The first kappa shape index (κ1) is 16.7. The largest absolute Gasteiger partial charge is 0.372 e. The van der Waals surface area contributed by atoms with Gasteiger partial charge in [-0.25, -0.2) is 4.90 Å². The van der Waals surface area contributed by atoms with Gasteiger partial charge in [-0.1, -0.05) is 29.8 Å². The first-order valence-electron chi connectivity index (χ1n) is 7.84. The number of carbonyl (C=O) groups is 2. The van der Waals surface area contributed by atoms with Crippen molar-refractivity contribution in [3.8, 4) is 0 Å². The molecule has 2 aromatic rings. The minimum atomic E-state index is -0.545. The van der Waals surface area contributed by atoms with E-state index < -0.39 is 6.04 Å². The minimum absolute atomic E-state index is 0.160. The van der Waals surface area contributed by atoms with Gasteiger partial charge in [-0.05, 0) is 60.0 Å². The summed E-state index contributed by atoms with van der Waals surface area (Å²) < 4.78 is 0.867. The zero-order valence-corrected chi connectivity index (χ0v) is 15.5. The lowest BCUT2D eigenvalue weighted by atomic mass is 10.0. The number of hydrogen-bond acceptors (Lipinski definition) is 3. The highest BCUT2D eigenvalue weighted by Crippen LogP contribution is 2.32. The summed E-state index contributed by atoms with van der Waals surface area (Å²) in [5.41, 5.74) is 4.53. The zero-order valence-electron chi connectivity index (χ0n) is 13.9. The molecule has 1 atom stereocenters. The van der Waals surface area contributed by atoms with Gasteiger partial charge in [0.05, 0.1) is 12.1 Å². The number of amides is 2. The highest BCUT2D eigenvalue weighted by molar-refractivity contribution is 9.10. The molecule has 24 heavy (non-hydrogen) atoms. The molecule has 1 heterocycles. The number of aryl methyl sites for hydroxylation is 3. The van der Waals surface area contributed by atoms with Gasteiger partial charge < -0.3 is 5.32 Å². The summed E-state index contributed by atoms with van der Waals surface area (Å²) >= 11 is 3.46. The predicted molar refractivity (Wildman–Crippen MR) is 99.3 cm³/mol. The average Bonchev–Trinajstić information content (AvgIpc) is 2.76. The number of imide groups is 1. The molecule has 0 aliphatic carbocycles. The molecule has 4 nitrogen and oxygen atoms in total. The Bertz CT molecular complexity index is 809. The highest BCUT2D eigenvalue weighted by atomic mass is 79.9. The van der Waals surface area contributed by atoms with Crippen molar-refractivity contribution in [1.29, 1.82) is 0 Å². The fourth-order valence-corrected chi connectivity index (χ4v) is 3.67. The van der Waals surface area contributed by atoms with Crippen molar-refractivity contribution in [3.63, 3.8) is 0 Å². The second-order valence-corrected chi connectivity index (χ2v) is 7.05. The molecule has 1 saturated heterocycles. The molecule has 0 bridgehead atoms. The van der Waals surface area contributed by atoms with E-state index in [0.29, 0.717) is 5.69 Å². The Balaban J connectivity index is 1.92. The molecular weight excluding hydrogens is 368 g/mol. The predicted octanol–water partition coefficient (Wildman–Crippen LogP) is 4.12. The Morgan fingerprint density at radius 3 is 2.33 bits per heavy atom. The molecule has 3 rings (SSSR count). The van der Waals surface area contributed by atoms with Gasteiger partial charge in [0.2, 0.25) is 5.91 Å². The Morgan fingerprint density at radius 2 is 1.71 bits per heavy atom. The van der Waals surface area contributed by atoms with Crippen LogP contribution in [0.5, 0.6) is 0 Å². The van der Waals surface area contributed by atoms with Crippen LogP contribution in [0.15, 0.2) is 40.9 Å². The number of halogens is 1. The SMILES string of the molecule is Cc1cc(C)c(N2C(=O)C[C@@H](Nc3ccccc3Br)C2=O)c(C)c1. The minimum Gasteiger partial charge on any atom is -0.372 e. The molecule has 1 fully saturated rings. The molecule has 0 spiro atoms. The third kappa shape index (κ3) is 2.96. The summed E-state index contributed by atoms with van der Waals surface area (Å²) in [6.07, 6.45) is 0.160. The monoisotopic (exact) mass is 386 g/mol. The van der Waals surface area contributed by atoms with E-state index in [0.717, 1.165) is 26.9 Å². The van der Waals surface area contributed by atoms with Crippen molar-refractivity contribution < 1.29 is 9.59 Å². The van der Waals surface area contributed by atoms with Crippen LogP contribution < -0.4 is 10.2 Å². The van der Waals surface area contributed by atoms with Gasteiger partial charge in [-0.3, -0.25) is 9.59 Å². The highest BCUT2D eigenvalue weighted by Gasteiger charge is 2.40. The van der Waals surface area contributed by atoms with Crippen LogP contribution in [0.3, 0.4) is 0 Å². The fraction of sp³-hybridized carbons (Fsp3) is 0.263. The Morgan fingerprint density at radius 1 is 1.08 bits per heavy atom. The second-order valence-electron chi connectivity index (χ2n) is 6.20. The lowest BCUT2D eigenvalue weighted by Crippen LogP contribution is -2.35. The van der Waals surface area contributed by atoms with Gasteiger partial charge in [0.1, 0.15) is 6.04 Å². The van der Waals surface area contributed by atoms with Crippen molar-refractivity contribution in [2.75, 3.05) is 10.2 Å². The average molecular weight is 387 g/mol. The molecule has 0 radical (unpaired) electrons. The molecule has 1 aliphatic heterocycles. The van der Waals surface area contributed by atoms with E-state index in [-0.39, 0.29) is 18.2 Å². The van der Waals surface area contributed by atoms with Crippen molar-refractivity contribution >= 4 is 39.1 Å². The van der Waals surface area contributed by atoms with Crippen LogP contribution >= 0.6 is 15.9 Å². The summed E-state index contributed by atoms with van der Waals surface area (Å²) in [5, 5.41) is 3.18. The molecule has 124 valence electrons. The second kappa shape index (κ2) is 6.40. The first-order chi connectivity index (χ1) is 11.4. The maximum absolute atomic E-state index is 12.8. The number of para-hydroxylation sites is 1. The molecule has 2 amide bonds. The first-order valence-corrected chi connectivity index (χ1v) is 8.63. The molecule has 5 heteroatoms. The third-order valence-electron chi connectivity index (χ3n) is 4.21. The fourth-order valence-electron chi connectivity index (χ4n) is 3.27. The molecular formula is C19H19BrN2O2. The van der Waals surface area contributed by atoms with E-state index in [9.17, 15) is 9.59 Å². The van der Waals surface area contributed by atoms with Crippen LogP contribution in [-0.2, 0) is 9.59 Å². The van der Waals surface area contributed by atoms with Gasteiger partial charge in [0.15, 0.2) is 0 Å². The van der Waals surface area contributed by atoms with E-state index in [2.05, 4.69) is 21.2 Å². The number of nitrogens with one attached hydrogen (secondary N) is 1. The summed E-state index contributed by atoms with van der Waals surface area (Å²) in [5.74, 6) is -0.370. The van der Waals surface area contributed by atoms with Gasteiger partial charge in [0.25, 0.3) is 5.91 Å². The summed E-state index contributed by atoms with van der Waals surface area (Å²) in [7, 11) is 0. The van der Waals surface area contributed by atoms with E-state index in [1.807, 2.05) is 57.2 Å². The molecule has 0 aromatic heterocycles. The van der Waals surface area contributed by atoms with Crippen molar-refractivity contribution in [2.45, 2.75) is 33.2 Å². The van der Waals surface area contributed by atoms with Crippen LogP contribution in [0.25, 0.3) is 0 Å². The number of rotatable bonds is 3. The summed E-state index contributed by atoms with van der Waals surface area (Å²) in [4.78, 5) is 26.7. The molecule has 2 aromatic carbocycles.